The number of fused-ring (bicyclic) bond motifs is 1. The van der Waals surface area contributed by atoms with Gasteiger partial charge in [0.2, 0.25) is 0 Å². The summed E-state index contributed by atoms with van der Waals surface area (Å²) in [6, 6.07) is 15.4. The van der Waals surface area contributed by atoms with E-state index in [-0.39, 0.29) is 0 Å². The zero-order valence-corrected chi connectivity index (χ0v) is 14.9. The summed E-state index contributed by atoms with van der Waals surface area (Å²) in [5.41, 5.74) is 3.58. The third kappa shape index (κ3) is 3.15. The van der Waals surface area contributed by atoms with Gasteiger partial charge in [-0.3, -0.25) is 0 Å². The van der Waals surface area contributed by atoms with Gasteiger partial charge in [-0.15, -0.1) is 0 Å². The van der Waals surface area contributed by atoms with Gasteiger partial charge in [-0.1, -0.05) is 57.0 Å². The van der Waals surface area contributed by atoms with Gasteiger partial charge in [-0.05, 0) is 29.7 Å². The van der Waals surface area contributed by atoms with Crippen LogP contribution in [0.5, 0.6) is 0 Å². The fraction of sp³-hybridized carbons (Fsp3) is 0.118. The van der Waals surface area contributed by atoms with Crippen molar-refractivity contribution in [3.8, 4) is 11.3 Å². The zero-order chi connectivity index (χ0) is 16.5. The molecule has 0 radical (unpaired) electrons. The van der Waals surface area contributed by atoms with Crippen LogP contribution in [-0.4, -0.2) is 12.3 Å². The Labute approximate surface area is 153 Å². The molecule has 7 heteroatoms. The number of nitrogens with zero attached hydrogens (tertiary/aromatic N) is 1. The monoisotopic (exact) mass is 403 g/mol. The quantitative estimate of drug-likeness (QED) is 0.601. The van der Waals surface area contributed by atoms with Crippen LogP contribution in [0.3, 0.4) is 0 Å². The molecule has 4 nitrogen and oxygen atoms in total. The molecule has 0 aliphatic carbocycles. The van der Waals surface area contributed by atoms with Crippen molar-refractivity contribution < 1.29 is 13.8 Å². The van der Waals surface area contributed by atoms with Crippen molar-refractivity contribution in [3.05, 3.63) is 69.3 Å². The molecule has 24 heavy (non-hydrogen) atoms. The molecule has 0 fully saturated rings. The molecule has 0 saturated carbocycles. The SMILES string of the molecule is Clc1ccc(-c2noc3c2COB(c2ccc(Br)cc2)OC3)cc1. The maximum atomic E-state index is 5.95. The van der Waals surface area contributed by atoms with Gasteiger partial charge in [0.1, 0.15) is 5.69 Å². The van der Waals surface area contributed by atoms with Crippen LogP contribution in [0.15, 0.2) is 57.5 Å². The molecule has 0 bridgehead atoms. The summed E-state index contributed by atoms with van der Waals surface area (Å²) in [5, 5.41) is 4.85. The first kappa shape index (κ1) is 15.9. The molecule has 1 aliphatic rings. The zero-order valence-electron chi connectivity index (χ0n) is 12.5. The highest BCUT2D eigenvalue weighted by atomic mass is 79.9. The molecule has 1 aliphatic heterocycles. The second-order valence-corrected chi connectivity index (χ2v) is 6.80. The van der Waals surface area contributed by atoms with Crippen molar-refractivity contribution in [3.63, 3.8) is 0 Å². The minimum absolute atomic E-state index is 0.316. The van der Waals surface area contributed by atoms with E-state index in [2.05, 4.69) is 21.1 Å². The van der Waals surface area contributed by atoms with Crippen LogP contribution in [0.2, 0.25) is 5.02 Å². The van der Waals surface area contributed by atoms with E-state index in [1.165, 1.54) is 0 Å². The van der Waals surface area contributed by atoms with Crippen molar-refractivity contribution >= 4 is 40.1 Å². The Balaban J connectivity index is 1.59. The Hall–Kier alpha value is -1.60. The van der Waals surface area contributed by atoms with Crippen LogP contribution < -0.4 is 5.46 Å². The van der Waals surface area contributed by atoms with Crippen LogP contribution in [0.1, 0.15) is 11.3 Å². The van der Waals surface area contributed by atoms with E-state index in [4.69, 9.17) is 25.4 Å². The van der Waals surface area contributed by atoms with Crippen molar-refractivity contribution in [1.29, 1.82) is 0 Å². The Bertz CT molecular complexity index is 851. The van der Waals surface area contributed by atoms with E-state index >= 15 is 0 Å². The van der Waals surface area contributed by atoms with Crippen molar-refractivity contribution in [2.45, 2.75) is 13.2 Å². The number of hydrogen-bond donors (Lipinski definition) is 0. The van der Waals surface area contributed by atoms with Gasteiger partial charge in [0, 0.05) is 20.6 Å². The Morgan fingerprint density at radius 1 is 0.958 bits per heavy atom. The smallest absolute Gasteiger partial charge is 0.403 e. The molecule has 0 amide bonds. The Morgan fingerprint density at radius 3 is 2.42 bits per heavy atom. The summed E-state index contributed by atoms with van der Waals surface area (Å²) in [4.78, 5) is 0. The van der Waals surface area contributed by atoms with E-state index in [1.54, 1.807) is 0 Å². The molecular weight excluding hydrogens is 392 g/mol. The molecule has 0 saturated heterocycles. The van der Waals surface area contributed by atoms with Crippen LogP contribution in [-0.2, 0) is 22.5 Å². The summed E-state index contributed by atoms with van der Waals surface area (Å²) < 4.78 is 18.2. The van der Waals surface area contributed by atoms with E-state index in [1.807, 2.05) is 48.5 Å². The van der Waals surface area contributed by atoms with Crippen molar-refractivity contribution in [1.82, 2.24) is 5.16 Å². The summed E-state index contributed by atoms with van der Waals surface area (Å²) >= 11 is 9.38. The second kappa shape index (κ2) is 6.72. The number of benzene rings is 2. The molecular formula is C17H12BBrClNO3. The molecule has 0 N–H and O–H groups in total. The first-order valence-electron chi connectivity index (χ1n) is 7.43. The van der Waals surface area contributed by atoms with Crippen molar-refractivity contribution in [2.75, 3.05) is 0 Å². The topological polar surface area (TPSA) is 44.5 Å². The molecule has 3 aromatic rings. The highest BCUT2D eigenvalue weighted by molar-refractivity contribution is 9.10. The van der Waals surface area contributed by atoms with Crippen LogP contribution in [0, 0.1) is 0 Å². The van der Waals surface area contributed by atoms with Gasteiger partial charge >= 0.3 is 7.12 Å². The van der Waals surface area contributed by atoms with Crippen LogP contribution in [0.25, 0.3) is 11.3 Å². The first-order chi connectivity index (χ1) is 11.7. The predicted octanol–water partition coefficient (Wildman–Crippen LogP) is 4.20. The maximum absolute atomic E-state index is 5.95. The number of aromatic nitrogens is 1. The normalized spacial score (nSPS) is 14.3. The van der Waals surface area contributed by atoms with E-state index in [0.717, 1.165) is 26.8 Å². The van der Waals surface area contributed by atoms with Gasteiger partial charge in [0.15, 0.2) is 5.76 Å². The fourth-order valence-electron chi connectivity index (χ4n) is 2.61. The summed E-state index contributed by atoms with van der Waals surface area (Å²) in [5.74, 6) is 0.694. The van der Waals surface area contributed by atoms with E-state index < -0.39 is 7.12 Å². The largest absolute Gasteiger partial charge is 0.494 e. The first-order valence-corrected chi connectivity index (χ1v) is 8.60. The third-order valence-electron chi connectivity index (χ3n) is 3.87. The van der Waals surface area contributed by atoms with Gasteiger partial charge in [0.25, 0.3) is 0 Å². The Morgan fingerprint density at radius 2 is 1.67 bits per heavy atom. The van der Waals surface area contributed by atoms with Crippen LogP contribution in [0.4, 0.5) is 0 Å². The highest BCUT2D eigenvalue weighted by Gasteiger charge is 2.29. The summed E-state index contributed by atoms with van der Waals surface area (Å²) in [6.07, 6.45) is 0. The molecule has 4 rings (SSSR count). The number of hydrogen-bond acceptors (Lipinski definition) is 4. The number of halogens is 2. The molecule has 120 valence electrons. The minimum Gasteiger partial charge on any atom is -0.403 e. The molecule has 0 spiro atoms. The van der Waals surface area contributed by atoms with Gasteiger partial charge in [-0.25, -0.2) is 0 Å². The minimum atomic E-state index is -0.432. The third-order valence-corrected chi connectivity index (χ3v) is 4.65. The standard InChI is InChI=1S/C17H12BBrClNO3/c19-13-5-3-12(4-6-13)18-22-9-15-16(10-23-18)24-21-17(15)11-1-7-14(20)8-2-11/h1-8H,9-10H2. The molecule has 1 aromatic heterocycles. The van der Waals surface area contributed by atoms with Gasteiger partial charge in [-0.2, -0.15) is 0 Å². The van der Waals surface area contributed by atoms with E-state index in [9.17, 15) is 0 Å². The molecule has 2 heterocycles. The van der Waals surface area contributed by atoms with Gasteiger partial charge < -0.3 is 13.8 Å². The lowest BCUT2D eigenvalue weighted by Gasteiger charge is -2.11. The molecule has 0 unspecified atom stereocenters. The maximum Gasteiger partial charge on any atom is 0.494 e. The average molecular weight is 404 g/mol. The molecule has 2 aromatic carbocycles. The summed E-state index contributed by atoms with van der Waals surface area (Å²) in [6.45, 7) is 0.689. The average Bonchev–Trinajstić information content (AvgIpc) is 2.88. The fourth-order valence-corrected chi connectivity index (χ4v) is 3.00. The molecule has 0 atom stereocenters. The second-order valence-electron chi connectivity index (χ2n) is 5.45. The predicted molar refractivity (Wildman–Crippen MR) is 96.1 cm³/mol. The van der Waals surface area contributed by atoms with Gasteiger partial charge in [0.05, 0.1) is 13.2 Å². The lowest BCUT2D eigenvalue weighted by molar-refractivity contribution is 0.195. The highest BCUT2D eigenvalue weighted by Crippen LogP contribution is 2.29. The summed E-state index contributed by atoms with van der Waals surface area (Å²) in [7, 11) is -0.432. The lowest BCUT2D eigenvalue weighted by atomic mass is 9.79. The van der Waals surface area contributed by atoms with E-state index in [0.29, 0.717) is 24.0 Å². The lowest BCUT2D eigenvalue weighted by Crippen LogP contribution is -2.35. The Kier molecular flexibility index (Phi) is 4.46. The van der Waals surface area contributed by atoms with Crippen molar-refractivity contribution in [2.24, 2.45) is 0 Å². The van der Waals surface area contributed by atoms with Crippen LogP contribution >= 0.6 is 27.5 Å². The number of rotatable bonds is 2.